The molecule has 2 rings (SSSR count). The second-order valence-electron chi connectivity index (χ2n) is 3.90. The van der Waals surface area contributed by atoms with Crippen LogP contribution in [-0.4, -0.2) is 16.1 Å². The fourth-order valence-electron chi connectivity index (χ4n) is 1.51. The summed E-state index contributed by atoms with van der Waals surface area (Å²) in [7, 11) is 0. The summed E-state index contributed by atoms with van der Waals surface area (Å²) in [5.74, 6) is -0.748. The van der Waals surface area contributed by atoms with Crippen LogP contribution in [0.3, 0.4) is 0 Å². The molecule has 1 aromatic heterocycles. The van der Waals surface area contributed by atoms with E-state index in [1.807, 2.05) is 6.92 Å². The number of aryl methyl sites for hydroxylation is 1. The summed E-state index contributed by atoms with van der Waals surface area (Å²) in [6.07, 6.45) is 0.152. The van der Waals surface area contributed by atoms with E-state index in [0.29, 0.717) is 11.4 Å². The van der Waals surface area contributed by atoms with E-state index >= 15 is 0 Å². The van der Waals surface area contributed by atoms with Crippen LogP contribution in [0.5, 0.6) is 0 Å². The largest absolute Gasteiger partial charge is 0.326 e. The number of aromatic nitrogens is 2. The molecule has 0 atom stereocenters. The quantitative estimate of drug-likeness (QED) is 0.898. The lowest BCUT2D eigenvalue weighted by atomic mass is 10.2. The van der Waals surface area contributed by atoms with Crippen molar-refractivity contribution in [3.05, 3.63) is 46.5 Å². The first-order valence-electron chi connectivity index (χ1n) is 5.30. The monoisotopic (exact) mass is 267 g/mol. The Morgan fingerprint density at radius 1 is 1.50 bits per heavy atom. The highest BCUT2D eigenvalue weighted by Crippen LogP contribution is 2.19. The van der Waals surface area contributed by atoms with E-state index in [4.69, 9.17) is 11.6 Å². The summed E-state index contributed by atoms with van der Waals surface area (Å²) in [6.45, 7) is 1.86. The first-order chi connectivity index (χ1) is 8.54. The van der Waals surface area contributed by atoms with Crippen molar-refractivity contribution in [1.82, 2.24) is 10.2 Å². The van der Waals surface area contributed by atoms with Crippen molar-refractivity contribution in [3.63, 3.8) is 0 Å². The number of amides is 1. The third-order valence-electron chi connectivity index (χ3n) is 2.30. The average Bonchev–Trinajstić information content (AvgIpc) is 2.69. The lowest BCUT2D eigenvalue weighted by Crippen LogP contribution is -2.14. The van der Waals surface area contributed by atoms with Crippen LogP contribution in [0.4, 0.5) is 10.1 Å². The second kappa shape index (κ2) is 5.18. The molecule has 0 saturated heterocycles. The molecule has 1 amide bonds. The number of hydrogen-bond acceptors (Lipinski definition) is 2. The molecule has 1 heterocycles. The van der Waals surface area contributed by atoms with E-state index in [2.05, 4.69) is 15.5 Å². The van der Waals surface area contributed by atoms with Gasteiger partial charge in [-0.2, -0.15) is 5.10 Å². The Balaban J connectivity index is 2.00. The topological polar surface area (TPSA) is 57.8 Å². The first kappa shape index (κ1) is 12.6. The van der Waals surface area contributed by atoms with E-state index < -0.39 is 5.82 Å². The van der Waals surface area contributed by atoms with Crippen molar-refractivity contribution < 1.29 is 9.18 Å². The molecule has 6 heteroatoms. The number of carbonyl (C=O) groups excluding carboxylic acids is 1. The SMILES string of the molecule is Cc1cc(CC(=O)Nc2ccc(F)c(Cl)c2)n[nH]1. The molecular formula is C12H11ClFN3O. The molecule has 0 aliphatic rings. The summed E-state index contributed by atoms with van der Waals surface area (Å²) in [4.78, 5) is 11.7. The Morgan fingerprint density at radius 3 is 2.89 bits per heavy atom. The van der Waals surface area contributed by atoms with E-state index in [9.17, 15) is 9.18 Å². The summed E-state index contributed by atoms with van der Waals surface area (Å²) in [6, 6.07) is 5.81. The van der Waals surface area contributed by atoms with E-state index in [-0.39, 0.29) is 17.4 Å². The normalized spacial score (nSPS) is 10.4. The third kappa shape index (κ3) is 3.07. The molecule has 4 nitrogen and oxygen atoms in total. The molecule has 2 N–H and O–H groups in total. The van der Waals surface area contributed by atoms with Crippen LogP contribution in [0, 0.1) is 12.7 Å². The van der Waals surface area contributed by atoms with E-state index in [0.717, 1.165) is 5.69 Å². The zero-order chi connectivity index (χ0) is 13.1. The molecular weight excluding hydrogens is 257 g/mol. The minimum absolute atomic E-state index is 0.0246. The van der Waals surface area contributed by atoms with Crippen LogP contribution in [0.1, 0.15) is 11.4 Å². The van der Waals surface area contributed by atoms with Crippen molar-refractivity contribution in [2.75, 3.05) is 5.32 Å². The summed E-state index contributed by atoms with van der Waals surface area (Å²) < 4.78 is 12.9. The molecule has 94 valence electrons. The molecule has 0 fully saturated rings. The first-order valence-corrected chi connectivity index (χ1v) is 5.68. The van der Waals surface area contributed by atoms with Crippen LogP contribution in [-0.2, 0) is 11.2 Å². The Kier molecular flexibility index (Phi) is 3.62. The smallest absolute Gasteiger partial charge is 0.230 e. The third-order valence-corrected chi connectivity index (χ3v) is 2.59. The molecule has 0 saturated carbocycles. The average molecular weight is 268 g/mol. The van der Waals surface area contributed by atoms with Gasteiger partial charge >= 0.3 is 0 Å². The van der Waals surface area contributed by atoms with Gasteiger partial charge in [-0.25, -0.2) is 4.39 Å². The molecule has 0 unspecified atom stereocenters. The van der Waals surface area contributed by atoms with Gasteiger partial charge in [-0.1, -0.05) is 11.6 Å². The Morgan fingerprint density at radius 2 is 2.28 bits per heavy atom. The predicted octanol–water partition coefficient (Wildman–Crippen LogP) is 2.69. The number of hydrogen-bond donors (Lipinski definition) is 2. The number of H-pyrrole nitrogens is 1. The van der Waals surface area contributed by atoms with Gasteiger partial charge in [-0.05, 0) is 31.2 Å². The van der Waals surface area contributed by atoms with Crippen molar-refractivity contribution in [2.24, 2.45) is 0 Å². The lowest BCUT2D eigenvalue weighted by molar-refractivity contribution is -0.115. The van der Waals surface area contributed by atoms with Crippen LogP contribution >= 0.6 is 11.6 Å². The Labute approximate surface area is 108 Å². The fourth-order valence-corrected chi connectivity index (χ4v) is 1.69. The lowest BCUT2D eigenvalue weighted by Gasteiger charge is -2.04. The standard InChI is InChI=1S/C12H11ClFN3O/c1-7-4-9(17-16-7)6-12(18)15-8-2-3-11(14)10(13)5-8/h2-5H,6H2,1H3,(H,15,18)(H,16,17). The van der Waals surface area contributed by atoms with Crippen LogP contribution in [0.2, 0.25) is 5.02 Å². The maximum absolute atomic E-state index is 12.9. The summed E-state index contributed by atoms with van der Waals surface area (Å²) >= 11 is 5.62. The number of anilines is 1. The summed E-state index contributed by atoms with van der Waals surface area (Å²) in [5.41, 5.74) is 2.00. The molecule has 0 aliphatic carbocycles. The van der Waals surface area contributed by atoms with Gasteiger partial charge in [-0.3, -0.25) is 9.89 Å². The van der Waals surface area contributed by atoms with Crippen molar-refractivity contribution in [1.29, 1.82) is 0 Å². The number of benzene rings is 1. The zero-order valence-electron chi connectivity index (χ0n) is 9.63. The van der Waals surface area contributed by atoms with Gasteiger partial charge in [0.25, 0.3) is 0 Å². The minimum Gasteiger partial charge on any atom is -0.326 e. The highest BCUT2D eigenvalue weighted by atomic mass is 35.5. The predicted molar refractivity (Wildman–Crippen MR) is 67.1 cm³/mol. The number of rotatable bonds is 3. The molecule has 0 aliphatic heterocycles. The zero-order valence-corrected chi connectivity index (χ0v) is 10.4. The number of nitrogens with one attached hydrogen (secondary N) is 2. The molecule has 0 bridgehead atoms. The maximum atomic E-state index is 12.9. The number of carbonyl (C=O) groups is 1. The van der Waals surface area contributed by atoms with Crippen LogP contribution in [0.25, 0.3) is 0 Å². The fraction of sp³-hybridized carbons (Fsp3) is 0.167. The van der Waals surface area contributed by atoms with Gasteiger partial charge in [0.1, 0.15) is 5.82 Å². The highest BCUT2D eigenvalue weighted by Gasteiger charge is 2.08. The van der Waals surface area contributed by atoms with E-state index in [1.165, 1.54) is 18.2 Å². The van der Waals surface area contributed by atoms with Gasteiger partial charge < -0.3 is 5.32 Å². The highest BCUT2D eigenvalue weighted by molar-refractivity contribution is 6.31. The van der Waals surface area contributed by atoms with E-state index in [1.54, 1.807) is 6.07 Å². The van der Waals surface area contributed by atoms with Gasteiger partial charge in [0.2, 0.25) is 5.91 Å². The Bertz CT molecular complexity index is 582. The van der Waals surface area contributed by atoms with Gasteiger partial charge in [0.15, 0.2) is 0 Å². The maximum Gasteiger partial charge on any atom is 0.230 e. The minimum atomic E-state index is -0.516. The molecule has 2 aromatic rings. The molecule has 1 aromatic carbocycles. The van der Waals surface area contributed by atoms with Gasteiger partial charge in [-0.15, -0.1) is 0 Å². The molecule has 0 radical (unpaired) electrons. The van der Waals surface area contributed by atoms with Gasteiger partial charge in [0.05, 0.1) is 17.1 Å². The number of halogens is 2. The number of nitrogens with zero attached hydrogens (tertiary/aromatic N) is 1. The molecule has 18 heavy (non-hydrogen) atoms. The second-order valence-corrected chi connectivity index (χ2v) is 4.30. The number of aromatic amines is 1. The van der Waals surface area contributed by atoms with Gasteiger partial charge in [0, 0.05) is 11.4 Å². The van der Waals surface area contributed by atoms with Crippen LogP contribution in [0.15, 0.2) is 24.3 Å². The Hall–Kier alpha value is -1.88. The van der Waals surface area contributed by atoms with Crippen molar-refractivity contribution >= 4 is 23.2 Å². The molecule has 0 spiro atoms. The summed E-state index contributed by atoms with van der Waals surface area (Å²) in [5, 5.41) is 9.31. The van der Waals surface area contributed by atoms with Crippen molar-refractivity contribution in [2.45, 2.75) is 13.3 Å². The van der Waals surface area contributed by atoms with Crippen molar-refractivity contribution in [3.8, 4) is 0 Å². The van der Waals surface area contributed by atoms with Crippen LogP contribution < -0.4 is 5.32 Å².